The number of benzene rings is 2. The van der Waals surface area contributed by atoms with Crippen LogP contribution in [0.25, 0.3) is 0 Å². The summed E-state index contributed by atoms with van der Waals surface area (Å²) in [5.74, 6) is 0.506. The molecule has 2 aromatic carbocycles. The fourth-order valence-electron chi connectivity index (χ4n) is 2.52. The highest BCUT2D eigenvalue weighted by molar-refractivity contribution is 7.80. The zero-order valence-electron chi connectivity index (χ0n) is 16.6. The van der Waals surface area contributed by atoms with Crippen molar-refractivity contribution < 1.29 is 23.8 Å². The second-order valence-electron chi connectivity index (χ2n) is 5.76. The first kappa shape index (κ1) is 22.0. The summed E-state index contributed by atoms with van der Waals surface area (Å²) in [5.41, 5.74) is 1.45. The van der Waals surface area contributed by atoms with Gasteiger partial charge >= 0.3 is 0 Å². The van der Waals surface area contributed by atoms with E-state index in [0.717, 1.165) is 0 Å². The van der Waals surface area contributed by atoms with E-state index in [1.165, 1.54) is 33.5 Å². The standard InChI is InChI=1S/C20H23N3O5S/c1-5-21-18(24)12-6-8-14(9-7-12)22-20(29)23-19(25)13-10-15(26-2)17(28-4)16(11-13)27-3/h6-11H,5H2,1-4H3,(H,21,24)(H2,22,23,25,29). The van der Waals surface area contributed by atoms with Crippen LogP contribution in [0.5, 0.6) is 17.2 Å². The number of carbonyl (C=O) groups excluding carboxylic acids is 2. The van der Waals surface area contributed by atoms with Crippen LogP contribution < -0.4 is 30.2 Å². The molecule has 0 heterocycles. The van der Waals surface area contributed by atoms with Gasteiger partial charge in [-0.25, -0.2) is 0 Å². The van der Waals surface area contributed by atoms with Crippen molar-refractivity contribution in [3.63, 3.8) is 0 Å². The number of amides is 2. The molecule has 8 nitrogen and oxygen atoms in total. The number of thiocarbonyl (C=S) groups is 1. The van der Waals surface area contributed by atoms with Gasteiger partial charge < -0.3 is 24.8 Å². The van der Waals surface area contributed by atoms with Crippen molar-refractivity contribution in [2.75, 3.05) is 33.2 Å². The van der Waals surface area contributed by atoms with Gasteiger partial charge in [0, 0.05) is 23.4 Å². The number of nitrogens with one attached hydrogen (secondary N) is 3. The zero-order chi connectivity index (χ0) is 21.4. The summed E-state index contributed by atoms with van der Waals surface area (Å²) >= 11 is 5.20. The average molecular weight is 417 g/mol. The number of ether oxygens (including phenoxy) is 3. The number of rotatable bonds is 7. The van der Waals surface area contributed by atoms with Gasteiger partial charge in [0.15, 0.2) is 16.6 Å². The van der Waals surface area contributed by atoms with Gasteiger partial charge in [0.1, 0.15) is 0 Å². The quantitative estimate of drug-likeness (QED) is 0.596. The van der Waals surface area contributed by atoms with Gasteiger partial charge in [-0.1, -0.05) is 0 Å². The molecule has 0 atom stereocenters. The van der Waals surface area contributed by atoms with E-state index in [9.17, 15) is 9.59 Å². The minimum Gasteiger partial charge on any atom is -0.493 e. The third-order valence-electron chi connectivity index (χ3n) is 3.90. The highest BCUT2D eigenvalue weighted by atomic mass is 32.1. The van der Waals surface area contributed by atoms with Crippen molar-refractivity contribution >= 4 is 34.8 Å². The molecule has 2 rings (SSSR count). The largest absolute Gasteiger partial charge is 0.493 e. The van der Waals surface area contributed by atoms with E-state index < -0.39 is 5.91 Å². The van der Waals surface area contributed by atoms with E-state index in [1.54, 1.807) is 24.3 Å². The number of anilines is 1. The molecule has 0 fully saturated rings. The molecule has 0 saturated carbocycles. The van der Waals surface area contributed by atoms with Crippen LogP contribution in [0, 0.1) is 0 Å². The predicted octanol–water partition coefficient (Wildman–Crippen LogP) is 2.59. The maximum absolute atomic E-state index is 12.6. The van der Waals surface area contributed by atoms with Crippen LogP contribution in [0.1, 0.15) is 27.6 Å². The van der Waals surface area contributed by atoms with Gasteiger partial charge in [-0.2, -0.15) is 0 Å². The Hall–Kier alpha value is -3.33. The van der Waals surface area contributed by atoms with Gasteiger partial charge in [-0.3, -0.25) is 14.9 Å². The first-order chi connectivity index (χ1) is 13.9. The van der Waals surface area contributed by atoms with Gasteiger partial charge in [-0.05, 0) is 55.5 Å². The SMILES string of the molecule is CCNC(=O)c1ccc(NC(=S)NC(=O)c2cc(OC)c(OC)c(OC)c2)cc1. The van der Waals surface area contributed by atoms with Crippen molar-refractivity contribution in [2.24, 2.45) is 0 Å². The van der Waals surface area contributed by atoms with Crippen LogP contribution in [0.15, 0.2) is 36.4 Å². The minimum absolute atomic E-state index is 0.106. The smallest absolute Gasteiger partial charge is 0.257 e. The molecule has 0 aliphatic heterocycles. The van der Waals surface area contributed by atoms with E-state index in [0.29, 0.717) is 35.0 Å². The Kier molecular flexibility index (Phi) is 7.79. The topological polar surface area (TPSA) is 97.9 Å². The molecule has 3 N–H and O–H groups in total. The fourth-order valence-corrected chi connectivity index (χ4v) is 2.73. The molecule has 0 aromatic heterocycles. The van der Waals surface area contributed by atoms with Crippen LogP contribution in [-0.4, -0.2) is 44.8 Å². The minimum atomic E-state index is -0.444. The number of hydrogen-bond acceptors (Lipinski definition) is 6. The van der Waals surface area contributed by atoms with E-state index >= 15 is 0 Å². The molecule has 0 aliphatic rings. The molecule has 0 spiro atoms. The fraction of sp³-hybridized carbons (Fsp3) is 0.250. The first-order valence-corrected chi connectivity index (χ1v) is 9.14. The van der Waals surface area contributed by atoms with Crippen molar-refractivity contribution in [1.29, 1.82) is 0 Å². The Morgan fingerprint density at radius 1 is 0.897 bits per heavy atom. The molecule has 2 aromatic rings. The van der Waals surface area contributed by atoms with Gasteiger partial charge in [0.05, 0.1) is 21.3 Å². The lowest BCUT2D eigenvalue weighted by atomic mass is 10.1. The third-order valence-corrected chi connectivity index (χ3v) is 4.10. The summed E-state index contributed by atoms with van der Waals surface area (Å²) in [6.07, 6.45) is 0. The number of hydrogen-bond donors (Lipinski definition) is 3. The van der Waals surface area contributed by atoms with Gasteiger partial charge in [-0.15, -0.1) is 0 Å². The first-order valence-electron chi connectivity index (χ1n) is 8.74. The van der Waals surface area contributed by atoms with E-state index in [4.69, 9.17) is 26.4 Å². The zero-order valence-corrected chi connectivity index (χ0v) is 17.4. The van der Waals surface area contributed by atoms with Crippen molar-refractivity contribution in [3.05, 3.63) is 47.5 Å². The summed E-state index contributed by atoms with van der Waals surface area (Å²) in [4.78, 5) is 24.3. The maximum atomic E-state index is 12.6. The van der Waals surface area contributed by atoms with Crippen LogP contribution in [0.3, 0.4) is 0 Å². The highest BCUT2D eigenvalue weighted by Crippen LogP contribution is 2.38. The normalized spacial score (nSPS) is 9.93. The summed E-state index contributed by atoms with van der Waals surface area (Å²) in [6.45, 7) is 2.40. The van der Waals surface area contributed by atoms with E-state index in [-0.39, 0.29) is 16.6 Å². The second-order valence-corrected chi connectivity index (χ2v) is 6.17. The molecular weight excluding hydrogens is 394 g/mol. The average Bonchev–Trinajstić information content (AvgIpc) is 2.73. The Morgan fingerprint density at radius 2 is 1.48 bits per heavy atom. The Morgan fingerprint density at radius 3 is 1.97 bits per heavy atom. The van der Waals surface area contributed by atoms with Crippen molar-refractivity contribution in [1.82, 2.24) is 10.6 Å². The predicted molar refractivity (Wildman–Crippen MR) is 114 cm³/mol. The van der Waals surface area contributed by atoms with E-state index in [1.807, 2.05) is 6.92 Å². The Balaban J connectivity index is 2.07. The molecule has 154 valence electrons. The van der Waals surface area contributed by atoms with Crippen LogP contribution in [0.4, 0.5) is 5.69 Å². The molecule has 0 saturated heterocycles. The summed E-state index contributed by atoms with van der Waals surface area (Å²) < 4.78 is 15.8. The van der Waals surface area contributed by atoms with Crippen molar-refractivity contribution in [2.45, 2.75) is 6.92 Å². The summed E-state index contributed by atoms with van der Waals surface area (Å²) in [7, 11) is 4.42. The number of methoxy groups -OCH3 is 3. The molecule has 29 heavy (non-hydrogen) atoms. The van der Waals surface area contributed by atoms with Crippen molar-refractivity contribution in [3.8, 4) is 17.2 Å². The van der Waals surface area contributed by atoms with Gasteiger partial charge in [0.2, 0.25) is 5.75 Å². The van der Waals surface area contributed by atoms with Crippen LogP contribution in [0.2, 0.25) is 0 Å². The molecule has 0 radical (unpaired) electrons. The third kappa shape index (κ3) is 5.58. The number of carbonyl (C=O) groups is 2. The van der Waals surface area contributed by atoms with Crippen LogP contribution in [-0.2, 0) is 0 Å². The molecule has 0 unspecified atom stereocenters. The lowest BCUT2D eigenvalue weighted by Crippen LogP contribution is -2.34. The molecule has 0 bridgehead atoms. The Bertz CT molecular complexity index is 874. The van der Waals surface area contributed by atoms with Crippen LogP contribution >= 0.6 is 12.2 Å². The Labute approximate surface area is 174 Å². The second kappa shape index (κ2) is 10.3. The highest BCUT2D eigenvalue weighted by Gasteiger charge is 2.17. The monoisotopic (exact) mass is 417 g/mol. The maximum Gasteiger partial charge on any atom is 0.257 e. The molecular formula is C20H23N3O5S. The van der Waals surface area contributed by atoms with E-state index in [2.05, 4.69) is 16.0 Å². The molecule has 0 aliphatic carbocycles. The summed E-state index contributed by atoms with van der Waals surface area (Å²) in [6, 6.07) is 9.78. The lowest BCUT2D eigenvalue weighted by Gasteiger charge is -2.14. The van der Waals surface area contributed by atoms with Gasteiger partial charge in [0.25, 0.3) is 11.8 Å². The molecule has 2 amide bonds. The summed E-state index contributed by atoms with van der Waals surface area (Å²) in [5, 5.41) is 8.32. The molecule has 9 heteroatoms. The lowest BCUT2D eigenvalue weighted by molar-refractivity contribution is 0.0953.